The zero-order valence-corrected chi connectivity index (χ0v) is 11.8. The van der Waals surface area contributed by atoms with Gasteiger partial charge in [0.1, 0.15) is 5.75 Å². The summed E-state index contributed by atoms with van der Waals surface area (Å²) in [6.45, 7) is 3.36. The van der Waals surface area contributed by atoms with Crippen LogP contribution < -0.4 is 10.1 Å². The lowest BCUT2D eigenvalue weighted by Gasteiger charge is -2.22. The second kappa shape index (κ2) is 5.38. The molecule has 2 bridgehead atoms. The fourth-order valence-corrected chi connectivity index (χ4v) is 3.49. The minimum atomic E-state index is 0.387. The van der Waals surface area contributed by atoms with Gasteiger partial charge in [0.05, 0.1) is 7.11 Å². The van der Waals surface area contributed by atoms with Crippen LogP contribution in [0.1, 0.15) is 31.4 Å². The molecule has 0 saturated heterocycles. The van der Waals surface area contributed by atoms with Crippen molar-refractivity contribution >= 4 is 0 Å². The van der Waals surface area contributed by atoms with Gasteiger partial charge in [-0.3, -0.25) is 0 Å². The van der Waals surface area contributed by atoms with Gasteiger partial charge in [-0.15, -0.1) is 0 Å². The highest BCUT2D eigenvalue weighted by Gasteiger charge is 2.35. The maximum atomic E-state index is 5.29. The molecule has 1 N–H and O–H groups in total. The van der Waals surface area contributed by atoms with E-state index < -0.39 is 0 Å². The smallest absolute Gasteiger partial charge is 0.119 e. The molecule has 102 valence electrons. The van der Waals surface area contributed by atoms with Gasteiger partial charge >= 0.3 is 0 Å². The Bertz CT molecular complexity index is 468. The van der Waals surface area contributed by atoms with Crippen LogP contribution in [0.25, 0.3) is 0 Å². The first-order chi connectivity index (χ1) is 9.26. The minimum absolute atomic E-state index is 0.387. The summed E-state index contributed by atoms with van der Waals surface area (Å²) in [7, 11) is 1.72. The van der Waals surface area contributed by atoms with Gasteiger partial charge in [-0.2, -0.15) is 0 Å². The molecule has 0 heterocycles. The molecule has 0 spiro atoms. The van der Waals surface area contributed by atoms with Gasteiger partial charge in [0.25, 0.3) is 0 Å². The molecule has 2 aliphatic rings. The Kier molecular flexibility index (Phi) is 3.61. The first kappa shape index (κ1) is 12.7. The fourth-order valence-electron chi connectivity index (χ4n) is 3.49. The van der Waals surface area contributed by atoms with Crippen LogP contribution in [0.15, 0.2) is 36.4 Å². The van der Waals surface area contributed by atoms with Crippen molar-refractivity contribution in [1.29, 1.82) is 0 Å². The number of nitrogens with one attached hydrogen (secondary N) is 1. The number of fused-ring (bicyclic) bond motifs is 2. The van der Waals surface area contributed by atoms with E-state index in [4.69, 9.17) is 4.74 Å². The lowest BCUT2D eigenvalue weighted by molar-refractivity contribution is 0.391. The Morgan fingerprint density at radius 2 is 2.21 bits per heavy atom. The van der Waals surface area contributed by atoms with E-state index in [0.29, 0.717) is 6.04 Å². The predicted octanol–water partition coefficient (Wildman–Crippen LogP) is 3.56. The van der Waals surface area contributed by atoms with Gasteiger partial charge in [-0.25, -0.2) is 0 Å². The number of allylic oxidation sites excluding steroid dienone is 2. The third-order valence-corrected chi connectivity index (χ3v) is 4.70. The van der Waals surface area contributed by atoms with Crippen molar-refractivity contribution in [3.63, 3.8) is 0 Å². The number of hydrogen-bond acceptors (Lipinski definition) is 2. The third-order valence-electron chi connectivity index (χ3n) is 4.70. The lowest BCUT2D eigenvalue weighted by Crippen LogP contribution is -2.27. The summed E-state index contributed by atoms with van der Waals surface area (Å²) in [5.41, 5.74) is 1.30. The Hall–Kier alpha value is -1.28. The summed E-state index contributed by atoms with van der Waals surface area (Å²) < 4.78 is 5.29. The SMILES string of the molecule is COc1cccc([C@@H](C)NCC2CC3C=CC2C3)c1. The second-order valence-electron chi connectivity index (χ2n) is 5.95. The van der Waals surface area contributed by atoms with Crippen LogP contribution in [0, 0.1) is 17.8 Å². The number of rotatable bonds is 5. The number of ether oxygens (including phenoxy) is 1. The van der Waals surface area contributed by atoms with Crippen LogP contribution in [0.2, 0.25) is 0 Å². The van der Waals surface area contributed by atoms with E-state index in [9.17, 15) is 0 Å². The normalized spacial score (nSPS) is 29.7. The van der Waals surface area contributed by atoms with E-state index in [2.05, 4.69) is 42.6 Å². The summed E-state index contributed by atoms with van der Waals surface area (Å²) in [5.74, 6) is 3.47. The first-order valence-corrected chi connectivity index (χ1v) is 7.32. The van der Waals surface area contributed by atoms with Crippen molar-refractivity contribution in [2.75, 3.05) is 13.7 Å². The van der Waals surface area contributed by atoms with Gasteiger partial charge in [-0.05, 0) is 61.8 Å². The summed E-state index contributed by atoms with van der Waals surface area (Å²) in [5, 5.41) is 3.69. The van der Waals surface area contributed by atoms with Crippen molar-refractivity contribution in [3.05, 3.63) is 42.0 Å². The Morgan fingerprint density at radius 3 is 2.89 bits per heavy atom. The molecule has 0 amide bonds. The molecule has 0 aromatic heterocycles. The Balaban J connectivity index is 1.56. The molecule has 3 unspecified atom stereocenters. The molecule has 4 atom stereocenters. The maximum Gasteiger partial charge on any atom is 0.119 e. The number of methoxy groups -OCH3 is 1. The zero-order chi connectivity index (χ0) is 13.2. The van der Waals surface area contributed by atoms with Crippen LogP contribution in [0.3, 0.4) is 0 Å². The standard InChI is InChI=1S/C17H23NO/c1-12(14-4-3-5-17(10-14)19-2)18-11-16-9-13-6-7-15(16)8-13/h3-7,10,12-13,15-16,18H,8-9,11H2,1-2H3/t12-,13?,15?,16?/m1/s1. The van der Waals surface area contributed by atoms with Crippen LogP contribution >= 0.6 is 0 Å². The van der Waals surface area contributed by atoms with Crippen molar-refractivity contribution in [3.8, 4) is 5.75 Å². The predicted molar refractivity (Wildman–Crippen MR) is 78.3 cm³/mol. The Morgan fingerprint density at radius 1 is 1.32 bits per heavy atom. The monoisotopic (exact) mass is 257 g/mol. The van der Waals surface area contributed by atoms with E-state index in [-0.39, 0.29) is 0 Å². The van der Waals surface area contributed by atoms with Crippen LogP contribution in [0.5, 0.6) is 5.75 Å². The van der Waals surface area contributed by atoms with Gasteiger partial charge in [0.2, 0.25) is 0 Å². The molecule has 19 heavy (non-hydrogen) atoms. The molecule has 0 aliphatic heterocycles. The van der Waals surface area contributed by atoms with Gasteiger partial charge in [0, 0.05) is 6.04 Å². The highest BCUT2D eigenvalue weighted by Crippen LogP contribution is 2.43. The largest absolute Gasteiger partial charge is 0.497 e. The van der Waals surface area contributed by atoms with Crippen molar-refractivity contribution in [2.45, 2.75) is 25.8 Å². The molecular formula is C17H23NO. The van der Waals surface area contributed by atoms with Crippen molar-refractivity contribution in [1.82, 2.24) is 5.32 Å². The average molecular weight is 257 g/mol. The third kappa shape index (κ3) is 2.69. The average Bonchev–Trinajstić information content (AvgIpc) is 3.07. The van der Waals surface area contributed by atoms with E-state index >= 15 is 0 Å². The molecule has 1 aromatic rings. The van der Waals surface area contributed by atoms with E-state index in [0.717, 1.165) is 30.0 Å². The van der Waals surface area contributed by atoms with Crippen molar-refractivity contribution < 1.29 is 4.74 Å². The fraction of sp³-hybridized carbons (Fsp3) is 0.529. The highest BCUT2D eigenvalue weighted by molar-refractivity contribution is 5.30. The van der Waals surface area contributed by atoms with E-state index in [1.165, 1.54) is 18.4 Å². The molecule has 0 radical (unpaired) electrons. The summed E-state index contributed by atoms with van der Waals surface area (Å²) in [6, 6.07) is 8.74. The lowest BCUT2D eigenvalue weighted by atomic mass is 9.93. The van der Waals surface area contributed by atoms with Gasteiger partial charge in [-0.1, -0.05) is 24.3 Å². The van der Waals surface area contributed by atoms with Gasteiger partial charge in [0.15, 0.2) is 0 Å². The molecule has 1 saturated carbocycles. The maximum absolute atomic E-state index is 5.29. The zero-order valence-electron chi connectivity index (χ0n) is 11.8. The molecule has 3 rings (SSSR count). The number of hydrogen-bond donors (Lipinski definition) is 1. The molecule has 2 nitrogen and oxygen atoms in total. The summed E-state index contributed by atoms with van der Waals surface area (Å²) >= 11 is 0. The van der Waals surface area contributed by atoms with Crippen LogP contribution in [-0.2, 0) is 0 Å². The van der Waals surface area contributed by atoms with E-state index in [1.807, 2.05) is 6.07 Å². The van der Waals surface area contributed by atoms with Crippen LogP contribution in [-0.4, -0.2) is 13.7 Å². The van der Waals surface area contributed by atoms with E-state index in [1.54, 1.807) is 7.11 Å². The molecule has 1 aromatic carbocycles. The topological polar surface area (TPSA) is 21.3 Å². The van der Waals surface area contributed by atoms with Crippen LogP contribution in [0.4, 0.5) is 0 Å². The van der Waals surface area contributed by atoms with Gasteiger partial charge < -0.3 is 10.1 Å². The first-order valence-electron chi connectivity index (χ1n) is 7.32. The molecule has 2 heteroatoms. The number of benzene rings is 1. The second-order valence-corrected chi connectivity index (χ2v) is 5.95. The quantitative estimate of drug-likeness (QED) is 0.814. The summed E-state index contributed by atoms with van der Waals surface area (Å²) in [4.78, 5) is 0. The Labute approximate surface area is 115 Å². The highest BCUT2D eigenvalue weighted by atomic mass is 16.5. The molecule has 2 aliphatic carbocycles. The molecule has 1 fully saturated rings. The van der Waals surface area contributed by atoms with Crippen molar-refractivity contribution in [2.24, 2.45) is 17.8 Å². The molecular weight excluding hydrogens is 234 g/mol. The minimum Gasteiger partial charge on any atom is -0.497 e. The summed E-state index contributed by atoms with van der Waals surface area (Å²) in [6.07, 6.45) is 7.60.